The number of aliphatic hydroxyl groups is 1. The van der Waals surface area contributed by atoms with Gasteiger partial charge in [0.25, 0.3) is 6.10 Å². The first-order valence-corrected chi connectivity index (χ1v) is 9.91. The van der Waals surface area contributed by atoms with Crippen LogP contribution in [-0.4, -0.2) is 17.4 Å². The zero-order valence-corrected chi connectivity index (χ0v) is 16.2. The third kappa shape index (κ3) is 21.8. The number of nitrogens with one attached hydrogen (secondary N) is 1. The van der Waals surface area contributed by atoms with Gasteiger partial charge in [0.1, 0.15) is 0 Å². The van der Waals surface area contributed by atoms with Crippen molar-refractivity contribution in [2.75, 3.05) is 0 Å². The smallest absolute Gasteiger partial charge is 0.389 e. The van der Waals surface area contributed by atoms with E-state index in [0.717, 1.165) is 6.42 Å². The molecule has 2 nitrogen and oxygen atoms in total. The van der Waals surface area contributed by atoms with E-state index in [-0.39, 0.29) is 12.4 Å². The van der Waals surface area contributed by atoms with E-state index in [1.54, 1.807) is 0 Å². The van der Waals surface area contributed by atoms with E-state index < -0.39 is 6.10 Å². The normalized spacial score (nSPS) is 11.7. The SMILES string of the molecule is CCCCCCCCCCCCCCCCCCC(O)[C+]=N.[Cl-]. The van der Waals surface area contributed by atoms with Crippen LogP contribution in [0.5, 0.6) is 0 Å². The van der Waals surface area contributed by atoms with Crippen LogP contribution < -0.4 is 12.4 Å². The van der Waals surface area contributed by atoms with Gasteiger partial charge in [-0.15, -0.1) is 0 Å². The Bertz CT molecular complexity index is 224. The molecule has 0 bridgehead atoms. The Hall–Kier alpha value is -0.170. The molecule has 0 aromatic rings. The largest absolute Gasteiger partial charge is 1.00 e. The summed E-state index contributed by atoms with van der Waals surface area (Å²) in [7, 11) is 0. The molecule has 0 aliphatic heterocycles. The Balaban J connectivity index is 0. The van der Waals surface area contributed by atoms with Gasteiger partial charge < -0.3 is 17.5 Å². The fraction of sp³-hybridized carbons (Fsp3) is 0.950. The van der Waals surface area contributed by atoms with E-state index >= 15 is 0 Å². The second-order valence-corrected chi connectivity index (χ2v) is 6.75. The second-order valence-electron chi connectivity index (χ2n) is 6.75. The molecule has 0 heterocycles. The first-order valence-electron chi connectivity index (χ1n) is 9.91. The van der Waals surface area contributed by atoms with Crippen LogP contribution >= 0.6 is 0 Å². The van der Waals surface area contributed by atoms with Crippen LogP contribution in [0.3, 0.4) is 0 Å². The molecule has 0 aromatic carbocycles. The molecule has 1 unspecified atom stereocenters. The average molecular weight is 346 g/mol. The zero-order valence-electron chi connectivity index (χ0n) is 15.4. The van der Waals surface area contributed by atoms with Crippen molar-refractivity contribution in [3.05, 3.63) is 0 Å². The second kappa shape index (κ2) is 21.8. The molecule has 0 amide bonds. The fourth-order valence-electron chi connectivity index (χ4n) is 2.96. The van der Waals surface area contributed by atoms with E-state index in [4.69, 9.17) is 5.41 Å². The Morgan fingerprint density at radius 3 is 1.26 bits per heavy atom. The highest BCUT2D eigenvalue weighted by atomic mass is 35.5. The Morgan fingerprint density at radius 1 is 0.652 bits per heavy atom. The molecule has 0 fully saturated rings. The summed E-state index contributed by atoms with van der Waals surface area (Å²) in [6, 6.07) is 0. The van der Waals surface area contributed by atoms with Gasteiger partial charge in [0.2, 0.25) is 0 Å². The molecular weight excluding hydrogens is 306 g/mol. The summed E-state index contributed by atoms with van der Waals surface area (Å²) in [5, 5.41) is 16.0. The maximum Gasteiger partial charge on any atom is 0.389 e. The topological polar surface area (TPSA) is 44.1 Å². The Labute approximate surface area is 151 Å². The summed E-state index contributed by atoms with van der Waals surface area (Å²) < 4.78 is 0. The first kappa shape index (κ1) is 25.1. The minimum Gasteiger partial charge on any atom is -1.00 e. The molecule has 1 atom stereocenters. The van der Waals surface area contributed by atoms with Crippen LogP contribution in [0.15, 0.2) is 0 Å². The molecule has 0 saturated heterocycles. The van der Waals surface area contributed by atoms with E-state index in [1.165, 1.54) is 96.3 Å². The van der Waals surface area contributed by atoms with Crippen LogP contribution in [0.2, 0.25) is 0 Å². The predicted octanol–water partition coefficient (Wildman–Crippen LogP) is 3.53. The van der Waals surface area contributed by atoms with Gasteiger partial charge in [-0.05, 0) is 6.42 Å². The third-order valence-corrected chi connectivity index (χ3v) is 4.50. The zero-order chi connectivity index (χ0) is 16.3. The predicted molar refractivity (Wildman–Crippen MR) is 97.9 cm³/mol. The van der Waals surface area contributed by atoms with Gasteiger partial charge in [0, 0.05) is 6.42 Å². The lowest BCUT2D eigenvalue weighted by atomic mass is 10.0. The quantitative estimate of drug-likeness (QED) is 0.223. The van der Waals surface area contributed by atoms with Crippen molar-refractivity contribution in [3.8, 4) is 0 Å². The number of halogens is 1. The standard InChI is InChI=1S/C20H40NO.ClH/c1-2-3-4-5-6-7-8-9-10-11-12-13-14-15-16-17-18-20(22)19-21;/h20-22H,2-18H2,1H3;1H/q+1;/p-1. The van der Waals surface area contributed by atoms with Crippen molar-refractivity contribution in [2.45, 2.75) is 122 Å². The summed E-state index contributed by atoms with van der Waals surface area (Å²) in [5.41, 5.74) is 0. The maximum absolute atomic E-state index is 9.17. The van der Waals surface area contributed by atoms with Crippen LogP contribution in [0.1, 0.15) is 116 Å². The molecule has 138 valence electrons. The van der Waals surface area contributed by atoms with Crippen molar-refractivity contribution in [3.63, 3.8) is 0 Å². The lowest BCUT2D eigenvalue weighted by molar-refractivity contribution is -0.00000653. The van der Waals surface area contributed by atoms with Crippen molar-refractivity contribution in [2.24, 2.45) is 0 Å². The third-order valence-electron chi connectivity index (χ3n) is 4.50. The number of hydrogen-bond donors (Lipinski definition) is 2. The fourth-order valence-corrected chi connectivity index (χ4v) is 2.96. The van der Waals surface area contributed by atoms with E-state index in [9.17, 15) is 5.11 Å². The van der Waals surface area contributed by atoms with Crippen molar-refractivity contribution in [1.82, 2.24) is 0 Å². The van der Waals surface area contributed by atoms with Crippen molar-refractivity contribution >= 4 is 6.21 Å². The van der Waals surface area contributed by atoms with Crippen LogP contribution in [0, 0.1) is 5.41 Å². The van der Waals surface area contributed by atoms with E-state index in [2.05, 4.69) is 13.1 Å². The van der Waals surface area contributed by atoms with Gasteiger partial charge in [-0.1, -0.05) is 109 Å². The average Bonchev–Trinajstić information content (AvgIpc) is 2.54. The Morgan fingerprint density at radius 2 is 0.957 bits per heavy atom. The molecule has 0 saturated carbocycles. The van der Waals surface area contributed by atoms with Gasteiger partial charge in [-0.25, -0.2) is 0 Å². The summed E-state index contributed by atoms with van der Waals surface area (Å²) in [4.78, 5) is 0. The molecule has 0 aromatic heterocycles. The van der Waals surface area contributed by atoms with Gasteiger partial charge >= 0.3 is 6.21 Å². The molecular formula is C20H40ClNO. The molecule has 0 rings (SSSR count). The number of hydrogen-bond acceptors (Lipinski definition) is 2. The highest BCUT2D eigenvalue weighted by molar-refractivity contribution is 5.58. The number of rotatable bonds is 18. The van der Waals surface area contributed by atoms with Crippen LogP contribution in [-0.2, 0) is 0 Å². The van der Waals surface area contributed by atoms with Gasteiger partial charge in [0.05, 0.1) is 0 Å². The van der Waals surface area contributed by atoms with Crippen LogP contribution in [0.4, 0.5) is 0 Å². The van der Waals surface area contributed by atoms with Gasteiger partial charge in [-0.3, -0.25) is 0 Å². The van der Waals surface area contributed by atoms with Crippen molar-refractivity contribution < 1.29 is 17.5 Å². The molecule has 0 spiro atoms. The molecule has 23 heavy (non-hydrogen) atoms. The van der Waals surface area contributed by atoms with Gasteiger partial charge in [-0.2, -0.15) is 0 Å². The van der Waals surface area contributed by atoms with Gasteiger partial charge in [0.15, 0.2) is 0 Å². The molecule has 0 aliphatic rings. The summed E-state index contributed by atoms with van der Waals surface area (Å²) in [5.74, 6) is 0. The Kier molecular flexibility index (Phi) is 23.8. The maximum atomic E-state index is 9.17. The molecule has 2 N–H and O–H groups in total. The lowest BCUT2D eigenvalue weighted by Crippen LogP contribution is -3.00. The molecule has 3 heteroatoms. The summed E-state index contributed by atoms with van der Waals surface area (Å²) in [6.07, 6.45) is 24.1. The highest BCUT2D eigenvalue weighted by Gasteiger charge is 2.11. The molecule has 0 radical (unpaired) electrons. The van der Waals surface area contributed by atoms with E-state index in [1.807, 2.05) is 0 Å². The number of aliphatic hydroxyl groups excluding tert-OH is 1. The summed E-state index contributed by atoms with van der Waals surface area (Å²) >= 11 is 0. The van der Waals surface area contributed by atoms with E-state index in [0.29, 0.717) is 6.42 Å². The highest BCUT2D eigenvalue weighted by Crippen LogP contribution is 2.14. The summed E-state index contributed by atoms with van der Waals surface area (Å²) in [6.45, 7) is 2.28. The lowest BCUT2D eigenvalue weighted by Gasteiger charge is -2.03. The number of unbranched alkanes of at least 4 members (excludes halogenated alkanes) is 15. The monoisotopic (exact) mass is 345 g/mol. The molecule has 0 aliphatic carbocycles. The minimum absolute atomic E-state index is 0. The van der Waals surface area contributed by atoms with Crippen LogP contribution in [0.25, 0.3) is 0 Å². The first-order chi connectivity index (χ1) is 10.8. The minimum atomic E-state index is -0.633. The van der Waals surface area contributed by atoms with Crippen molar-refractivity contribution in [1.29, 1.82) is 5.41 Å².